The largest absolute Gasteiger partial charge is 0.480 e. The summed E-state index contributed by atoms with van der Waals surface area (Å²) in [4.78, 5) is 13.0. The molecule has 0 aliphatic carbocycles. The Morgan fingerprint density at radius 1 is 1.29 bits per heavy atom. The Hall–Kier alpha value is -2.44. The number of carbonyl (C=O) groups is 1. The molecule has 2 aromatic heterocycles. The van der Waals surface area contributed by atoms with Gasteiger partial charge in [-0.05, 0) is 44.9 Å². The van der Waals surface area contributed by atoms with Gasteiger partial charge in [0.25, 0.3) is 0 Å². The Labute approximate surface area is 122 Å². The van der Waals surface area contributed by atoms with Crippen LogP contribution in [0.15, 0.2) is 18.2 Å². The van der Waals surface area contributed by atoms with Crippen LogP contribution in [-0.4, -0.2) is 43.6 Å². The van der Waals surface area contributed by atoms with E-state index in [1.54, 1.807) is 15.6 Å². The van der Waals surface area contributed by atoms with E-state index >= 15 is 0 Å². The molecule has 1 atom stereocenters. The van der Waals surface area contributed by atoms with Crippen LogP contribution in [0.2, 0.25) is 0 Å². The van der Waals surface area contributed by atoms with Gasteiger partial charge in [-0.25, -0.2) is 9.48 Å². The van der Waals surface area contributed by atoms with Gasteiger partial charge >= 0.3 is 5.97 Å². The first-order chi connectivity index (χ1) is 10.1. The Balaban J connectivity index is 1.87. The molecule has 1 N–H and O–H groups in total. The average Bonchev–Trinajstić information content (AvgIpc) is 3.05. The number of nitrogens with zero attached hydrogens (tertiary/aromatic N) is 5. The number of aromatic nitrogens is 4. The van der Waals surface area contributed by atoms with Gasteiger partial charge in [0.2, 0.25) is 0 Å². The lowest BCUT2D eigenvalue weighted by molar-refractivity contribution is -0.138. The highest BCUT2D eigenvalue weighted by Gasteiger charge is 2.31. The van der Waals surface area contributed by atoms with Gasteiger partial charge in [0.1, 0.15) is 6.04 Å². The van der Waals surface area contributed by atoms with Crippen molar-refractivity contribution in [2.24, 2.45) is 0 Å². The second-order valence-electron chi connectivity index (χ2n) is 5.28. The topological polar surface area (TPSA) is 84.1 Å². The van der Waals surface area contributed by atoms with E-state index in [1.807, 2.05) is 26.0 Å². The van der Waals surface area contributed by atoms with Gasteiger partial charge < -0.3 is 10.0 Å². The average molecular weight is 287 g/mol. The molecule has 110 valence electrons. The molecule has 0 saturated carbocycles. The fourth-order valence-corrected chi connectivity index (χ4v) is 2.74. The van der Waals surface area contributed by atoms with Crippen molar-refractivity contribution in [1.82, 2.24) is 20.0 Å². The van der Waals surface area contributed by atoms with E-state index in [0.29, 0.717) is 24.6 Å². The molecule has 0 bridgehead atoms. The predicted molar refractivity (Wildman–Crippen MR) is 76.6 cm³/mol. The molecular weight excluding hydrogens is 270 g/mol. The van der Waals surface area contributed by atoms with Crippen LogP contribution < -0.4 is 4.90 Å². The maximum absolute atomic E-state index is 11.2. The summed E-state index contributed by atoms with van der Waals surface area (Å²) in [6.45, 7) is 4.58. The van der Waals surface area contributed by atoms with E-state index in [9.17, 15) is 9.90 Å². The second kappa shape index (κ2) is 5.16. The van der Waals surface area contributed by atoms with Gasteiger partial charge in [0, 0.05) is 12.2 Å². The van der Waals surface area contributed by atoms with E-state index in [4.69, 9.17) is 0 Å². The summed E-state index contributed by atoms with van der Waals surface area (Å²) in [5, 5.41) is 21.9. The fourth-order valence-electron chi connectivity index (χ4n) is 2.74. The minimum atomic E-state index is -0.808. The molecule has 1 aliphatic rings. The molecule has 0 radical (unpaired) electrons. The number of anilines is 1. The van der Waals surface area contributed by atoms with Gasteiger partial charge in [-0.15, -0.1) is 10.2 Å². The number of carboxylic acids is 1. The third-order valence-corrected chi connectivity index (χ3v) is 3.70. The molecule has 1 saturated heterocycles. The molecule has 2 aromatic rings. The van der Waals surface area contributed by atoms with Crippen LogP contribution in [0.5, 0.6) is 0 Å². The van der Waals surface area contributed by atoms with Crippen LogP contribution in [0.4, 0.5) is 5.82 Å². The van der Waals surface area contributed by atoms with Crippen molar-refractivity contribution in [2.45, 2.75) is 32.7 Å². The Kier molecular flexibility index (Phi) is 3.32. The number of hydrogen-bond acceptors (Lipinski definition) is 5. The van der Waals surface area contributed by atoms with Crippen LogP contribution in [0, 0.1) is 13.8 Å². The van der Waals surface area contributed by atoms with Gasteiger partial charge in [-0.3, -0.25) is 0 Å². The highest BCUT2D eigenvalue weighted by Crippen LogP contribution is 2.24. The van der Waals surface area contributed by atoms with Crippen LogP contribution in [-0.2, 0) is 4.79 Å². The standard InChI is InChI=1S/C14H17N5O2/c1-9-8-10(2)19(17-9)13-6-5-12(15-16-13)18-7-3-4-11(18)14(20)21/h5-6,8,11H,3-4,7H2,1-2H3,(H,20,21). The van der Waals surface area contributed by atoms with Gasteiger partial charge in [-0.1, -0.05) is 0 Å². The van der Waals surface area contributed by atoms with Crippen molar-refractivity contribution >= 4 is 11.8 Å². The molecule has 7 nitrogen and oxygen atoms in total. The number of carboxylic acid groups (broad SMARTS) is 1. The SMILES string of the molecule is Cc1cc(C)n(-c2ccc(N3CCCC3C(=O)O)nn2)n1. The molecule has 0 amide bonds. The summed E-state index contributed by atoms with van der Waals surface area (Å²) >= 11 is 0. The quantitative estimate of drug-likeness (QED) is 0.917. The molecule has 1 unspecified atom stereocenters. The monoisotopic (exact) mass is 287 g/mol. The molecule has 7 heteroatoms. The Morgan fingerprint density at radius 3 is 2.57 bits per heavy atom. The summed E-state index contributed by atoms with van der Waals surface area (Å²) < 4.78 is 1.73. The van der Waals surface area contributed by atoms with Gasteiger partial charge in [-0.2, -0.15) is 5.10 Å². The third-order valence-electron chi connectivity index (χ3n) is 3.70. The number of aliphatic carboxylic acids is 1. The summed E-state index contributed by atoms with van der Waals surface area (Å²) in [7, 11) is 0. The van der Waals surface area contributed by atoms with Crippen molar-refractivity contribution in [3.63, 3.8) is 0 Å². The smallest absolute Gasteiger partial charge is 0.326 e. The van der Waals surface area contributed by atoms with E-state index in [-0.39, 0.29) is 0 Å². The lowest BCUT2D eigenvalue weighted by Gasteiger charge is -2.21. The zero-order valence-corrected chi connectivity index (χ0v) is 12.0. The maximum atomic E-state index is 11.2. The summed E-state index contributed by atoms with van der Waals surface area (Å²) in [6, 6.07) is 5.09. The molecule has 3 heterocycles. The third kappa shape index (κ3) is 2.46. The molecule has 1 aliphatic heterocycles. The molecular formula is C14H17N5O2. The molecule has 0 spiro atoms. The van der Waals surface area contributed by atoms with Crippen LogP contribution in [0.3, 0.4) is 0 Å². The summed E-state index contributed by atoms with van der Waals surface area (Å²) in [5.41, 5.74) is 1.91. The van der Waals surface area contributed by atoms with Gasteiger partial charge in [0.15, 0.2) is 11.6 Å². The molecule has 1 fully saturated rings. The van der Waals surface area contributed by atoms with Crippen LogP contribution >= 0.6 is 0 Å². The molecule has 0 aromatic carbocycles. The minimum absolute atomic E-state index is 0.501. The van der Waals surface area contributed by atoms with Gasteiger partial charge in [0.05, 0.1) is 5.69 Å². The first kappa shape index (κ1) is 13.5. The number of rotatable bonds is 3. The van der Waals surface area contributed by atoms with E-state index in [1.165, 1.54) is 0 Å². The van der Waals surface area contributed by atoms with Crippen molar-refractivity contribution in [3.8, 4) is 5.82 Å². The first-order valence-electron chi connectivity index (χ1n) is 6.93. The minimum Gasteiger partial charge on any atom is -0.480 e. The zero-order valence-electron chi connectivity index (χ0n) is 12.0. The van der Waals surface area contributed by atoms with E-state index < -0.39 is 12.0 Å². The van der Waals surface area contributed by atoms with Crippen LogP contribution in [0.25, 0.3) is 5.82 Å². The highest BCUT2D eigenvalue weighted by atomic mass is 16.4. The molecule has 3 rings (SSSR count). The lowest BCUT2D eigenvalue weighted by Crippen LogP contribution is -2.36. The summed E-state index contributed by atoms with van der Waals surface area (Å²) in [5.74, 6) is 0.428. The second-order valence-corrected chi connectivity index (χ2v) is 5.28. The zero-order chi connectivity index (χ0) is 15.0. The normalized spacial score (nSPS) is 18.2. The summed E-state index contributed by atoms with van der Waals surface area (Å²) in [6.07, 6.45) is 1.51. The highest BCUT2D eigenvalue weighted by molar-refractivity contribution is 5.78. The number of aryl methyl sites for hydroxylation is 2. The molecule has 21 heavy (non-hydrogen) atoms. The Morgan fingerprint density at radius 2 is 2.00 bits per heavy atom. The van der Waals surface area contributed by atoms with Crippen molar-refractivity contribution in [2.75, 3.05) is 11.4 Å². The fraction of sp³-hybridized carbons (Fsp3) is 0.429. The lowest BCUT2D eigenvalue weighted by atomic mass is 10.2. The Bertz CT molecular complexity index is 665. The first-order valence-corrected chi connectivity index (χ1v) is 6.93. The van der Waals surface area contributed by atoms with Crippen molar-refractivity contribution < 1.29 is 9.90 Å². The number of hydrogen-bond donors (Lipinski definition) is 1. The maximum Gasteiger partial charge on any atom is 0.326 e. The van der Waals surface area contributed by atoms with Crippen LogP contribution in [0.1, 0.15) is 24.2 Å². The van der Waals surface area contributed by atoms with E-state index in [2.05, 4.69) is 15.3 Å². The van der Waals surface area contributed by atoms with Crippen molar-refractivity contribution in [3.05, 3.63) is 29.6 Å². The van der Waals surface area contributed by atoms with E-state index in [0.717, 1.165) is 17.8 Å². The predicted octanol–water partition coefficient (Wildman–Crippen LogP) is 1.33. The van der Waals surface area contributed by atoms with Crippen molar-refractivity contribution in [1.29, 1.82) is 0 Å².